The zero-order valence-electron chi connectivity index (χ0n) is 7.13. The number of aromatic nitrogens is 2. The summed E-state index contributed by atoms with van der Waals surface area (Å²) in [6, 6.07) is 1.84. The Hall–Kier alpha value is -1.20. The molecule has 2 aromatic heterocycles. The second-order valence-corrected chi connectivity index (χ2v) is 3.72. The summed E-state index contributed by atoms with van der Waals surface area (Å²) >= 11 is 1.42. The van der Waals surface area contributed by atoms with Gasteiger partial charge in [0.05, 0.1) is 23.3 Å². The van der Waals surface area contributed by atoms with Crippen molar-refractivity contribution in [2.75, 3.05) is 13.6 Å². The van der Waals surface area contributed by atoms with Crippen molar-refractivity contribution in [3.8, 4) is 0 Å². The van der Waals surface area contributed by atoms with Gasteiger partial charge in [0.15, 0.2) is 5.78 Å². The number of carbonyl (C=O) groups is 1. The van der Waals surface area contributed by atoms with Crippen molar-refractivity contribution >= 4 is 27.5 Å². The molecular formula is C8H9N3OS. The minimum Gasteiger partial charge on any atom is -0.344 e. The molecule has 0 radical (unpaired) electrons. The average Bonchev–Trinajstić information content (AvgIpc) is 2.61. The van der Waals surface area contributed by atoms with E-state index in [1.165, 1.54) is 11.3 Å². The molecule has 2 aromatic rings. The number of rotatable bonds is 3. The van der Waals surface area contributed by atoms with Gasteiger partial charge in [0, 0.05) is 0 Å². The molecule has 2 heterocycles. The molecule has 0 atom stereocenters. The monoisotopic (exact) mass is 195 g/mol. The molecule has 13 heavy (non-hydrogen) atoms. The first kappa shape index (κ1) is 8.40. The van der Waals surface area contributed by atoms with Gasteiger partial charge in [-0.1, -0.05) is 0 Å². The Morgan fingerprint density at radius 2 is 2.62 bits per heavy atom. The maximum absolute atomic E-state index is 11.4. The lowest BCUT2D eigenvalue weighted by Crippen LogP contribution is -2.17. The summed E-state index contributed by atoms with van der Waals surface area (Å²) in [6.45, 7) is 0.378. The summed E-state index contributed by atoms with van der Waals surface area (Å²) < 4.78 is 0. The van der Waals surface area contributed by atoms with Gasteiger partial charge in [0.25, 0.3) is 0 Å². The highest BCUT2D eigenvalue weighted by Crippen LogP contribution is 2.22. The summed E-state index contributed by atoms with van der Waals surface area (Å²) in [6.07, 6.45) is 1.63. The maximum atomic E-state index is 11.4. The van der Waals surface area contributed by atoms with Gasteiger partial charge >= 0.3 is 0 Å². The lowest BCUT2D eigenvalue weighted by Gasteiger charge is -1.93. The van der Waals surface area contributed by atoms with E-state index in [1.54, 1.807) is 13.4 Å². The summed E-state index contributed by atoms with van der Waals surface area (Å²) in [5.74, 6) is 0.110. The standard InChI is InChI=1S/C8H9N3OS/c1-9-3-6(12)7-2-5-8(13-7)11-4-10-5/h2,4,9H,3H2,1H3,(H,10,11). The number of thiophene rings is 1. The van der Waals surface area contributed by atoms with Crippen molar-refractivity contribution in [3.05, 3.63) is 17.3 Å². The number of imidazole rings is 1. The Balaban J connectivity index is 2.34. The van der Waals surface area contributed by atoms with Crippen LogP contribution >= 0.6 is 11.3 Å². The van der Waals surface area contributed by atoms with Gasteiger partial charge in [-0.3, -0.25) is 4.79 Å². The van der Waals surface area contributed by atoms with Crippen LogP contribution in [0.3, 0.4) is 0 Å². The molecule has 0 aliphatic carbocycles. The van der Waals surface area contributed by atoms with Gasteiger partial charge in [-0.15, -0.1) is 11.3 Å². The largest absolute Gasteiger partial charge is 0.344 e. The van der Waals surface area contributed by atoms with E-state index in [0.29, 0.717) is 6.54 Å². The number of nitrogens with zero attached hydrogens (tertiary/aromatic N) is 1. The zero-order valence-corrected chi connectivity index (χ0v) is 7.94. The van der Waals surface area contributed by atoms with Crippen molar-refractivity contribution in [1.82, 2.24) is 15.3 Å². The molecule has 0 unspecified atom stereocenters. The normalized spacial score (nSPS) is 10.8. The SMILES string of the molecule is CNCC(=O)c1cc2[nH]cnc2s1. The highest BCUT2D eigenvalue weighted by atomic mass is 32.1. The summed E-state index contributed by atoms with van der Waals surface area (Å²) in [7, 11) is 1.76. The van der Waals surface area contributed by atoms with Crippen molar-refractivity contribution in [3.63, 3.8) is 0 Å². The predicted octanol–water partition coefficient (Wildman–Crippen LogP) is 1.03. The molecule has 0 saturated carbocycles. The third-order valence-electron chi connectivity index (χ3n) is 1.73. The molecule has 0 spiro atoms. The number of ketones is 1. The van der Waals surface area contributed by atoms with Gasteiger partial charge < -0.3 is 10.3 Å². The molecule has 0 bridgehead atoms. The van der Waals surface area contributed by atoms with E-state index in [4.69, 9.17) is 0 Å². The second kappa shape index (κ2) is 3.27. The molecule has 0 saturated heterocycles. The smallest absolute Gasteiger partial charge is 0.186 e. The molecule has 0 aliphatic rings. The molecule has 2 N–H and O–H groups in total. The van der Waals surface area contributed by atoms with Crippen LogP contribution in [0, 0.1) is 0 Å². The summed E-state index contributed by atoms with van der Waals surface area (Å²) in [4.78, 5) is 20.1. The van der Waals surface area contributed by atoms with Gasteiger partial charge in [0.2, 0.25) is 0 Å². The third-order valence-corrected chi connectivity index (χ3v) is 2.81. The Morgan fingerprint density at radius 1 is 1.77 bits per heavy atom. The number of aromatic amines is 1. The van der Waals surface area contributed by atoms with Crippen molar-refractivity contribution < 1.29 is 4.79 Å². The van der Waals surface area contributed by atoms with Gasteiger partial charge in [-0.05, 0) is 13.1 Å². The van der Waals surface area contributed by atoms with E-state index >= 15 is 0 Å². The van der Waals surface area contributed by atoms with Crippen molar-refractivity contribution in [2.24, 2.45) is 0 Å². The third kappa shape index (κ3) is 1.48. The molecule has 68 valence electrons. The maximum Gasteiger partial charge on any atom is 0.186 e. The first-order valence-corrected chi connectivity index (χ1v) is 4.73. The van der Waals surface area contributed by atoms with Crippen LogP contribution in [0.5, 0.6) is 0 Å². The highest BCUT2D eigenvalue weighted by Gasteiger charge is 2.09. The van der Waals surface area contributed by atoms with Crippen molar-refractivity contribution in [1.29, 1.82) is 0 Å². The van der Waals surface area contributed by atoms with Crippen LogP contribution in [0.1, 0.15) is 9.67 Å². The van der Waals surface area contributed by atoms with E-state index in [1.807, 2.05) is 6.07 Å². The molecule has 0 aromatic carbocycles. The number of nitrogens with one attached hydrogen (secondary N) is 2. The van der Waals surface area contributed by atoms with Crippen LogP contribution in [0.4, 0.5) is 0 Å². The van der Waals surface area contributed by atoms with Crippen LogP contribution in [0.25, 0.3) is 10.3 Å². The number of H-pyrrole nitrogens is 1. The van der Waals surface area contributed by atoms with Crippen LogP contribution < -0.4 is 5.32 Å². The van der Waals surface area contributed by atoms with Gasteiger partial charge in [-0.25, -0.2) is 4.98 Å². The lowest BCUT2D eigenvalue weighted by atomic mass is 10.3. The Morgan fingerprint density at radius 3 is 3.31 bits per heavy atom. The predicted molar refractivity (Wildman–Crippen MR) is 52.2 cm³/mol. The number of fused-ring (bicyclic) bond motifs is 1. The summed E-state index contributed by atoms with van der Waals surface area (Å²) in [5.41, 5.74) is 0.935. The number of likely N-dealkylation sites (N-methyl/N-ethyl adjacent to an activating group) is 1. The van der Waals surface area contributed by atoms with Gasteiger partial charge in [0.1, 0.15) is 4.83 Å². The van der Waals surface area contributed by atoms with Crippen LogP contribution in [-0.4, -0.2) is 29.3 Å². The first-order valence-electron chi connectivity index (χ1n) is 3.92. The topological polar surface area (TPSA) is 57.8 Å². The highest BCUT2D eigenvalue weighted by molar-refractivity contribution is 7.20. The van der Waals surface area contributed by atoms with Crippen LogP contribution in [0.2, 0.25) is 0 Å². The van der Waals surface area contributed by atoms with Crippen molar-refractivity contribution in [2.45, 2.75) is 0 Å². The van der Waals surface area contributed by atoms with E-state index in [-0.39, 0.29) is 5.78 Å². The number of hydrogen-bond donors (Lipinski definition) is 2. The summed E-state index contributed by atoms with van der Waals surface area (Å²) in [5, 5.41) is 2.83. The van der Waals surface area contributed by atoms with Gasteiger partial charge in [-0.2, -0.15) is 0 Å². The number of carbonyl (C=O) groups excluding carboxylic acids is 1. The molecule has 2 rings (SSSR count). The number of hydrogen-bond acceptors (Lipinski definition) is 4. The molecule has 0 aliphatic heterocycles. The average molecular weight is 195 g/mol. The van der Waals surface area contributed by atoms with Crippen LogP contribution in [-0.2, 0) is 0 Å². The molecule has 4 nitrogen and oxygen atoms in total. The lowest BCUT2D eigenvalue weighted by molar-refractivity contribution is 0.0997. The quantitative estimate of drug-likeness (QED) is 0.719. The minimum absolute atomic E-state index is 0.110. The molecule has 5 heteroatoms. The fraction of sp³-hybridized carbons (Fsp3) is 0.250. The number of Topliss-reactive ketones (excluding diaryl/α,β-unsaturated/α-hetero) is 1. The van der Waals surface area contributed by atoms with E-state index < -0.39 is 0 Å². The second-order valence-electron chi connectivity index (χ2n) is 2.69. The first-order chi connectivity index (χ1) is 6.31. The van der Waals surface area contributed by atoms with Crippen LogP contribution in [0.15, 0.2) is 12.4 Å². The minimum atomic E-state index is 0.110. The Kier molecular flexibility index (Phi) is 2.12. The van der Waals surface area contributed by atoms with E-state index in [2.05, 4.69) is 15.3 Å². The molecule has 0 amide bonds. The zero-order chi connectivity index (χ0) is 9.26. The fourth-order valence-electron chi connectivity index (χ4n) is 1.13. The fourth-order valence-corrected chi connectivity index (χ4v) is 2.03. The Labute approximate surface area is 79.0 Å². The molecule has 0 fully saturated rings. The Bertz CT molecular complexity index is 403. The van der Waals surface area contributed by atoms with E-state index in [9.17, 15) is 4.79 Å². The van der Waals surface area contributed by atoms with E-state index in [0.717, 1.165) is 15.2 Å². The molecular weight excluding hydrogens is 186 g/mol.